The first-order valence-electron chi connectivity index (χ1n) is 8.28. The van der Waals surface area contributed by atoms with Gasteiger partial charge in [-0.2, -0.15) is 0 Å². The summed E-state index contributed by atoms with van der Waals surface area (Å²) in [5.41, 5.74) is 1.11. The van der Waals surface area contributed by atoms with Crippen LogP contribution in [0.25, 0.3) is 0 Å². The summed E-state index contributed by atoms with van der Waals surface area (Å²) in [6.07, 6.45) is 0. The SMILES string of the molecule is CC(C)C(=O)[C@H]1C(=O)N(C(=O)NC(=O)c2ccccc2)c2ccccc21. The number of para-hydroxylation sites is 1. The van der Waals surface area contributed by atoms with Crippen molar-refractivity contribution in [2.45, 2.75) is 19.8 Å². The summed E-state index contributed by atoms with van der Waals surface area (Å²) in [5, 5.41) is 2.21. The van der Waals surface area contributed by atoms with E-state index < -0.39 is 23.8 Å². The Morgan fingerprint density at radius 1 is 0.962 bits per heavy atom. The number of fused-ring (bicyclic) bond motifs is 1. The smallest absolute Gasteiger partial charge is 0.298 e. The predicted molar refractivity (Wildman–Crippen MR) is 95.8 cm³/mol. The normalized spacial score (nSPS) is 15.7. The molecule has 26 heavy (non-hydrogen) atoms. The second-order valence-electron chi connectivity index (χ2n) is 6.35. The summed E-state index contributed by atoms with van der Waals surface area (Å²) in [4.78, 5) is 51.0. The van der Waals surface area contributed by atoms with Crippen LogP contribution in [-0.4, -0.2) is 23.6 Å². The van der Waals surface area contributed by atoms with Gasteiger partial charge in [-0.1, -0.05) is 50.2 Å². The van der Waals surface area contributed by atoms with Gasteiger partial charge in [-0.25, -0.2) is 9.69 Å². The fraction of sp³-hybridized carbons (Fsp3) is 0.200. The van der Waals surface area contributed by atoms with Gasteiger partial charge in [-0.15, -0.1) is 0 Å². The zero-order valence-electron chi connectivity index (χ0n) is 14.4. The van der Waals surface area contributed by atoms with Gasteiger partial charge >= 0.3 is 6.03 Å². The molecule has 3 rings (SSSR count). The highest BCUT2D eigenvalue weighted by molar-refractivity contribution is 6.29. The first-order valence-corrected chi connectivity index (χ1v) is 8.28. The van der Waals surface area contributed by atoms with Gasteiger partial charge in [0.25, 0.3) is 5.91 Å². The lowest BCUT2D eigenvalue weighted by Gasteiger charge is -2.16. The highest BCUT2D eigenvalue weighted by Crippen LogP contribution is 2.38. The van der Waals surface area contributed by atoms with Crippen molar-refractivity contribution in [2.75, 3.05) is 4.90 Å². The first-order chi connectivity index (χ1) is 12.4. The van der Waals surface area contributed by atoms with Crippen molar-refractivity contribution < 1.29 is 19.2 Å². The summed E-state index contributed by atoms with van der Waals surface area (Å²) in [5.74, 6) is -2.88. The minimum atomic E-state index is -1.02. The minimum absolute atomic E-state index is 0.257. The summed E-state index contributed by atoms with van der Waals surface area (Å²) in [6.45, 7) is 3.42. The van der Waals surface area contributed by atoms with Crippen LogP contribution in [0.2, 0.25) is 0 Å². The molecule has 1 aliphatic rings. The molecule has 132 valence electrons. The zero-order valence-corrected chi connectivity index (χ0v) is 14.4. The number of nitrogens with zero attached hydrogens (tertiary/aromatic N) is 1. The number of Topliss-reactive ketones (excluding diaryl/α,β-unsaturated/α-hetero) is 1. The first kappa shape index (κ1) is 17.5. The van der Waals surface area contributed by atoms with Gasteiger partial charge < -0.3 is 0 Å². The number of urea groups is 1. The molecule has 6 heteroatoms. The Balaban J connectivity index is 1.90. The number of amides is 4. The molecular formula is C20H18N2O4. The number of imide groups is 2. The van der Waals surface area contributed by atoms with E-state index in [2.05, 4.69) is 5.32 Å². The molecule has 6 nitrogen and oxygen atoms in total. The topological polar surface area (TPSA) is 83.6 Å². The molecule has 0 aromatic heterocycles. The molecule has 1 aliphatic heterocycles. The molecule has 0 fully saturated rings. The number of carbonyl (C=O) groups excluding carboxylic acids is 4. The third kappa shape index (κ3) is 3.01. The van der Waals surface area contributed by atoms with Crippen LogP contribution in [0, 0.1) is 5.92 Å². The lowest BCUT2D eigenvalue weighted by Crippen LogP contribution is -2.46. The van der Waals surface area contributed by atoms with Crippen LogP contribution in [0.1, 0.15) is 35.7 Å². The standard InChI is InChI=1S/C20H18N2O4/c1-12(2)17(23)16-14-10-6-7-11-15(14)22(19(16)25)20(26)21-18(24)13-8-4-3-5-9-13/h3-12,16H,1-2H3,(H,21,24,26)/t16-/m0/s1. The fourth-order valence-electron chi connectivity index (χ4n) is 2.95. The van der Waals surface area contributed by atoms with Crippen molar-refractivity contribution >= 4 is 29.3 Å². The minimum Gasteiger partial charge on any atom is -0.298 e. The van der Waals surface area contributed by atoms with Crippen molar-refractivity contribution in [3.05, 3.63) is 65.7 Å². The third-order valence-corrected chi connectivity index (χ3v) is 4.27. The quantitative estimate of drug-likeness (QED) is 0.863. The number of nitrogens with one attached hydrogen (secondary N) is 1. The lowest BCUT2D eigenvalue weighted by atomic mass is 9.90. The maximum absolute atomic E-state index is 12.8. The maximum Gasteiger partial charge on any atom is 0.335 e. The number of carbonyl (C=O) groups is 4. The summed E-state index contributed by atoms with van der Waals surface area (Å²) >= 11 is 0. The van der Waals surface area contributed by atoms with E-state index in [0.29, 0.717) is 16.8 Å². The van der Waals surface area contributed by atoms with Crippen LogP contribution in [-0.2, 0) is 9.59 Å². The Bertz CT molecular complexity index is 890. The Hall–Kier alpha value is -3.28. The molecule has 2 aromatic carbocycles. The summed E-state index contributed by atoms with van der Waals surface area (Å²) in [7, 11) is 0. The second kappa shape index (κ2) is 6.92. The van der Waals surface area contributed by atoms with Crippen LogP contribution in [0.4, 0.5) is 10.5 Å². The van der Waals surface area contributed by atoms with Crippen molar-refractivity contribution in [3.8, 4) is 0 Å². The van der Waals surface area contributed by atoms with Crippen molar-refractivity contribution in [2.24, 2.45) is 5.92 Å². The van der Waals surface area contributed by atoms with Crippen LogP contribution < -0.4 is 10.2 Å². The van der Waals surface area contributed by atoms with E-state index >= 15 is 0 Å². The van der Waals surface area contributed by atoms with Gasteiger partial charge in [0.2, 0.25) is 5.91 Å². The molecule has 1 N–H and O–H groups in total. The van der Waals surface area contributed by atoms with Crippen molar-refractivity contribution in [1.82, 2.24) is 5.32 Å². The number of anilines is 1. The maximum atomic E-state index is 12.8. The van der Waals surface area contributed by atoms with E-state index in [0.717, 1.165) is 4.90 Å². The average molecular weight is 350 g/mol. The van der Waals surface area contributed by atoms with E-state index in [1.54, 1.807) is 68.4 Å². The van der Waals surface area contributed by atoms with Gasteiger partial charge in [0.15, 0.2) is 5.78 Å². The lowest BCUT2D eigenvalue weighted by molar-refractivity contribution is -0.129. The van der Waals surface area contributed by atoms with Gasteiger partial charge in [0.05, 0.1) is 5.69 Å². The molecule has 0 saturated carbocycles. The van der Waals surface area contributed by atoms with Gasteiger partial charge in [0, 0.05) is 11.5 Å². The zero-order chi connectivity index (χ0) is 18.8. The van der Waals surface area contributed by atoms with Gasteiger partial charge in [0.1, 0.15) is 5.92 Å². The number of hydrogen-bond donors (Lipinski definition) is 1. The molecule has 0 aliphatic carbocycles. The second-order valence-corrected chi connectivity index (χ2v) is 6.35. The Labute approximate surface area is 150 Å². The number of benzene rings is 2. The van der Waals surface area contributed by atoms with E-state index in [1.165, 1.54) is 0 Å². The van der Waals surface area contributed by atoms with Crippen LogP contribution in [0.15, 0.2) is 54.6 Å². The molecule has 1 atom stereocenters. The van der Waals surface area contributed by atoms with Crippen LogP contribution >= 0.6 is 0 Å². The monoisotopic (exact) mass is 350 g/mol. The molecule has 4 amide bonds. The predicted octanol–water partition coefficient (Wildman–Crippen LogP) is 2.89. The number of rotatable bonds is 3. The van der Waals surface area contributed by atoms with Crippen molar-refractivity contribution in [1.29, 1.82) is 0 Å². The Kier molecular flexibility index (Phi) is 4.67. The van der Waals surface area contributed by atoms with E-state index in [4.69, 9.17) is 0 Å². The highest BCUT2D eigenvalue weighted by Gasteiger charge is 2.45. The largest absolute Gasteiger partial charge is 0.335 e. The molecule has 0 radical (unpaired) electrons. The van der Waals surface area contributed by atoms with E-state index in [1.807, 2.05) is 0 Å². The Morgan fingerprint density at radius 3 is 2.23 bits per heavy atom. The molecule has 2 aromatic rings. The highest BCUT2D eigenvalue weighted by atomic mass is 16.2. The average Bonchev–Trinajstić information content (AvgIpc) is 2.93. The fourth-order valence-corrected chi connectivity index (χ4v) is 2.95. The summed E-state index contributed by atoms with van der Waals surface area (Å²) in [6, 6.07) is 14.0. The van der Waals surface area contributed by atoms with Crippen molar-refractivity contribution in [3.63, 3.8) is 0 Å². The Morgan fingerprint density at radius 2 is 1.58 bits per heavy atom. The van der Waals surface area contributed by atoms with Gasteiger partial charge in [-0.3, -0.25) is 19.7 Å². The van der Waals surface area contributed by atoms with E-state index in [9.17, 15) is 19.2 Å². The summed E-state index contributed by atoms with van der Waals surface area (Å²) < 4.78 is 0. The molecular weight excluding hydrogens is 332 g/mol. The number of hydrogen-bond acceptors (Lipinski definition) is 4. The number of ketones is 1. The van der Waals surface area contributed by atoms with Gasteiger partial charge in [-0.05, 0) is 23.8 Å². The molecule has 0 saturated heterocycles. The molecule has 0 unspecified atom stereocenters. The molecule has 0 bridgehead atoms. The molecule has 1 heterocycles. The van der Waals surface area contributed by atoms with E-state index in [-0.39, 0.29) is 11.7 Å². The van der Waals surface area contributed by atoms with Crippen LogP contribution in [0.3, 0.4) is 0 Å². The molecule has 0 spiro atoms. The van der Waals surface area contributed by atoms with Crippen LogP contribution in [0.5, 0.6) is 0 Å². The third-order valence-electron chi connectivity index (χ3n) is 4.27.